The lowest BCUT2D eigenvalue weighted by atomic mass is 10.6. The van der Waals surface area contributed by atoms with E-state index in [1.54, 1.807) is 0 Å². The largest absolute Gasteiger partial charge is 0.425 e. The van der Waals surface area contributed by atoms with Crippen LogP contribution >= 0.6 is 33.9 Å². The fourth-order valence-corrected chi connectivity index (χ4v) is 2.02. The van der Waals surface area contributed by atoms with Crippen LogP contribution in [0.5, 0.6) is 5.75 Å². The maximum absolute atomic E-state index is 10.4. The van der Waals surface area contributed by atoms with E-state index in [-0.39, 0.29) is 5.97 Å². The molecule has 54 valence electrons. The van der Waals surface area contributed by atoms with Gasteiger partial charge < -0.3 is 4.74 Å². The number of rotatable bonds is 1. The topological polar surface area (TPSA) is 26.3 Å². The van der Waals surface area contributed by atoms with Crippen LogP contribution in [0.3, 0.4) is 0 Å². The molecule has 1 aromatic rings. The maximum atomic E-state index is 10.4. The van der Waals surface area contributed by atoms with Gasteiger partial charge in [0.25, 0.3) is 0 Å². The van der Waals surface area contributed by atoms with Crippen LogP contribution in [-0.2, 0) is 4.79 Å². The summed E-state index contributed by atoms with van der Waals surface area (Å²) < 4.78 is 5.83. The third-order valence-corrected chi connectivity index (χ3v) is 2.82. The normalized spacial score (nSPS) is 9.40. The quantitative estimate of drug-likeness (QED) is 0.577. The minimum Gasteiger partial charge on any atom is -0.425 e. The van der Waals surface area contributed by atoms with E-state index in [9.17, 15) is 4.79 Å². The van der Waals surface area contributed by atoms with Crippen molar-refractivity contribution in [3.05, 3.63) is 14.3 Å². The number of hydrogen-bond donors (Lipinski definition) is 0. The zero-order valence-corrected chi connectivity index (χ0v) is 8.23. The summed E-state index contributed by atoms with van der Waals surface area (Å²) in [5.41, 5.74) is 0. The van der Waals surface area contributed by atoms with Crippen LogP contribution in [0.25, 0.3) is 0 Å². The molecule has 0 amide bonds. The van der Waals surface area contributed by atoms with E-state index in [1.165, 1.54) is 18.3 Å². The molecular formula is C6H5IO2S. The Morgan fingerprint density at radius 2 is 2.40 bits per heavy atom. The molecule has 0 N–H and O–H groups in total. The fourth-order valence-electron chi connectivity index (χ4n) is 0.498. The van der Waals surface area contributed by atoms with Crippen molar-refractivity contribution in [2.75, 3.05) is 0 Å². The summed E-state index contributed by atoms with van der Waals surface area (Å²) >= 11 is 3.65. The molecule has 0 spiro atoms. The highest BCUT2D eigenvalue weighted by atomic mass is 127. The van der Waals surface area contributed by atoms with Crippen molar-refractivity contribution >= 4 is 39.9 Å². The van der Waals surface area contributed by atoms with Crippen LogP contribution in [0, 0.1) is 3.57 Å². The van der Waals surface area contributed by atoms with Gasteiger partial charge >= 0.3 is 5.97 Å². The summed E-state index contributed by atoms with van der Waals surface area (Å²) in [5.74, 6) is 0.398. The Kier molecular flexibility index (Phi) is 2.67. The Hall–Kier alpha value is -0.100. The lowest BCUT2D eigenvalue weighted by molar-refractivity contribution is -0.131. The zero-order chi connectivity index (χ0) is 7.56. The molecule has 0 atom stereocenters. The summed E-state index contributed by atoms with van der Waals surface area (Å²) in [7, 11) is 0. The van der Waals surface area contributed by atoms with Crippen LogP contribution in [-0.4, -0.2) is 5.97 Å². The van der Waals surface area contributed by atoms with Gasteiger partial charge in [0.15, 0.2) is 5.75 Å². The number of hydrogen-bond acceptors (Lipinski definition) is 3. The number of esters is 1. The standard InChI is InChI=1S/C6H5IO2S/c1-4(8)9-6-3-10-2-5(6)7/h2-3H,1H3. The van der Waals surface area contributed by atoms with Gasteiger partial charge in [-0.1, -0.05) is 0 Å². The van der Waals surface area contributed by atoms with Crippen LogP contribution in [0.2, 0.25) is 0 Å². The minimum atomic E-state index is -0.267. The molecule has 0 aliphatic rings. The predicted octanol–water partition coefficient (Wildman–Crippen LogP) is 2.28. The third kappa shape index (κ3) is 1.95. The summed E-state index contributed by atoms with van der Waals surface area (Å²) in [4.78, 5) is 10.4. The summed E-state index contributed by atoms with van der Waals surface area (Å²) in [6, 6.07) is 0. The van der Waals surface area contributed by atoms with Crippen molar-refractivity contribution in [1.82, 2.24) is 0 Å². The molecule has 1 rings (SSSR count). The molecule has 0 bridgehead atoms. The van der Waals surface area contributed by atoms with Crippen molar-refractivity contribution in [2.45, 2.75) is 6.92 Å². The SMILES string of the molecule is CC(=O)Oc1cscc1I. The predicted molar refractivity (Wildman–Crippen MR) is 48.3 cm³/mol. The molecular weight excluding hydrogens is 263 g/mol. The van der Waals surface area contributed by atoms with Crippen LogP contribution in [0.4, 0.5) is 0 Å². The van der Waals surface area contributed by atoms with E-state index in [0.717, 1.165) is 3.57 Å². The fraction of sp³-hybridized carbons (Fsp3) is 0.167. The number of thiophene rings is 1. The van der Waals surface area contributed by atoms with E-state index in [0.29, 0.717) is 5.75 Å². The first kappa shape index (κ1) is 8.00. The monoisotopic (exact) mass is 268 g/mol. The second-order valence-corrected chi connectivity index (χ2v) is 3.58. The zero-order valence-electron chi connectivity index (χ0n) is 5.26. The van der Waals surface area contributed by atoms with Crippen LogP contribution in [0.1, 0.15) is 6.92 Å². The molecule has 0 aromatic carbocycles. The van der Waals surface area contributed by atoms with Crippen molar-refractivity contribution in [2.24, 2.45) is 0 Å². The van der Waals surface area contributed by atoms with Gasteiger partial charge in [-0.3, -0.25) is 4.79 Å². The molecule has 1 heterocycles. The van der Waals surface area contributed by atoms with Gasteiger partial charge in [0.1, 0.15) is 0 Å². The molecule has 4 heteroatoms. The Morgan fingerprint density at radius 3 is 2.80 bits per heavy atom. The highest BCUT2D eigenvalue weighted by molar-refractivity contribution is 14.1. The summed E-state index contributed by atoms with van der Waals surface area (Å²) in [6.45, 7) is 1.40. The van der Waals surface area contributed by atoms with Gasteiger partial charge in [-0.2, -0.15) is 0 Å². The first-order valence-corrected chi connectivity index (χ1v) is 4.62. The molecule has 0 radical (unpaired) electrons. The Bertz CT molecular complexity index is 244. The lowest BCUT2D eigenvalue weighted by Crippen LogP contribution is -2.00. The third-order valence-electron chi connectivity index (χ3n) is 0.836. The van der Waals surface area contributed by atoms with Gasteiger partial charge in [0.05, 0.1) is 3.57 Å². The molecule has 1 aromatic heterocycles. The van der Waals surface area contributed by atoms with E-state index < -0.39 is 0 Å². The van der Waals surface area contributed by atoms with E-state index in [1.807, 2.05) is 10.8 Å². The Morgan fingerprint density at radius 1 is 1.70 bits per heavy atom. The van der Waals surface area contributed by atoms with Gasteiger partial charge in [-0.15, -0.1) is 11.3 Å². The van der Waals surface area contributed by atoms with Gasteiger partial charge in [0, 0.05) is 17.7 Å². The second kappa shape index (κ2) is 3.34. The van der Waals surface area contributed by atoms with E-state index in [4.69, 9.17) is 4.74 Å². The Balaban J connectivity index is 2.74. The van der Waals surface area contributed by atoms with Crippen LogP contribution in [0.15, 0.2) is 10.8 Å². The molecule has 0 fully saturated rings. The molecule has 0 saturated carbocycles. The summed E-state index contributed by atoms with van der Waals surface area (Å²) in [6.07, 6.45) is 0. The average molecular weight is 268 g/mol. The molecule has 0 saturated heterocycles. The van der Waals surface area contributed by atoms with Crippen molar-refractivity contribution < 1.29 is 9.53 Å². The highest BCUT2D eigenvalue weighted by Gasteiger charge is 2.02. The van der Waals surface area contributed by atoms with Gasteiger partial charge in [0.2, 0.25) is 0 Å². The van der Waals surface area contributed by atoms with Crippen molar-refractivity contribution in [3.63, 3.8) is 0 Å². The first-order chi connectivity index (χ1) is 4.70. The number of carbonyl (C=O) groups excluding carboxylic acids is 1. The van der Waals surface area contributed by atoms with Crippen LogP contribution < -0.4 is 4.74 Å². The highest BCUT2D eigenvalue weighted by Crippen LogP contribution is 2.24. The maximum Gasteiger partial charge on any atom is 0.308 e. The molecule has 0 aliphatic heterocycles. The number of ether oxygens (including phenoxy) is 1. The van der Waals surface area contributed by atoms with Crippen molar-refractivity contribution in [1.29, 1.82) is 0 Å². The molecule has 0 unspecified atom stereocenters. The minimum absolute atomic E-state index is 0.267. The Labute approximate surface area is 76.3 Å². The summed E-state index contributed by atoms with van der Waals surface area (Å²) in [5, 5.41) is 3.74. The van der Waals surface area contributed by atoms with E-state index >= 15 is 0 Å². The smallest absolute Gasteiger partial charge is 0.308 e. The molecule has 2 nitrogen and oxygen atoms in total. The number of carbonyl (C=O) groups is 1. The average Bonchev–Trinajstić information content (AvgIpc) is 2.15. The molecule has 10 heavy (non-hydrogen) atoms. The first-order valence-electron chi connectivity index (χ1n) is 2.60. The van der Waals surface area contributed by atoms with Gasteiger partial charge in [-0.05, 0) is 22.6 Å². The van der Waals surface area contributed by atoms with E-state index in [2.05, 4.69) is 22.6 Å². The number of halogens is 1. The van der Waals surface area contributed by atoms with Crippen molar-refractivity contribution in [3.8, 4) is 5.75 Å². The lowest BCUT2D eigenvalue weighted by Gasteiger charge is -1.95. The second-order valence-electron chi connectivity index (χ2n) is 1.68. The van der Waals surface area contributed by atoms with Gasteiger partial charge in [-0.25, -0.2) is 0 Å². The molecule has 0 aliphatic carbocycles.